The summed E-state index contributed by atoms with van der Waals surface area (Å²) >= 11 is 0. The average Bonchev–Trinajstić information content (AvgIpc) is 2.44. The maximum Gasteiger partial charge on any atom is 0.260 e. The van der Waals surface area contributed by atoms with Crippen molar-refractivity contribution in [1.82, 2.24) is 10.2 Å². The van der Waals surface area contributed by atoms with Crippen molar-refractivity contribution in [2.24, 2.45) is 0 Å². The molecule has 0 aliphatic rings. The molecular formula is C16H26N2O2. The van der Waals surface area contributed by atoms with Crippen molar-refractivity contribution >= 4 is 5.91 Å². The van der Waals surface area contributed by atoms with E-state index in [2.05, 4.69) is 32.2 Å². The lowest BCUT2D eigenvalue weighted by molar-refractivity contribution is -0.131. The van der Waals surface area contributed by atoms with Gasteiger partial charge in [-0.05, 0) is 33.4 Å². The van der Waals surface area contributed by atoms with Gasteiger partial charge in [-0.2, -0.15) is 0 Å². The van der Waals surface area contributed by atoms with E-state index in [1.165, 1.54) is 5.56 Å². The van der Waals surface area contributed by atoms with Crippen LogP contribution in [-0.2, 0) is 4.79 Å². The van der Waals surface area contributed by atoms with E-state index >= 15 is 0 Å². The third-order valence-corrected chi connectivity index (χ3v) is 3.39. The van der Waals surface area contributed by atoms with E-state index in [1.54, 1.807) is 11.9 Å². The Hall–Kier alpha value is -1.55. The van der Waals surface area contributed by atoms with Crippen LogP contribution in [0.5, 0.6) is 5.75 Å². The Labute approximate surface area is 122 Å². The number of ether oxygens (including phenoxy) is 1. The molecule has 1 atom stereocenters. The molecule has 0 spiro atoms. The highest BCUT2D eigenvalue weighted by Crippen LogP contribution is 2.26. The number of rotatable bonds is 7. The Kier molecular flexibility index (Phi) is 6.52. The summed E-state index contributed by atoms with van der Waals surface area (Å²) in [4.78, 5) is 13.5. The molecule has 1 unspecified atom stereocenters. The summed E-state index contributed by atoms with van der Waals surface area (Å²) < 4.78 is 5.71. The quantitative estimate of drug-likeness (QED) is 0.833. The molecule has 0 saturated heterocycles. The highest BCUT2D eigenvalue weighted by molar-refractivity contribution is 5.77. The fourth-order valence-corrected chi connectivity index (χ4v) is 1.98. The fraction of sp³-hybridized carbons (Fsp3) is 0.562. The minimum absolute atomic E-state index is 0.00451. The maximum absolute atomic E-state index is 11.8. The zero-order chi connectivity index (χ0) is 15.1. The molecule has 20 heavy (non-hydrogen) atoms. The fourth-order valence-electron chi connectivity index (χ4n) is 1.98. The molecule has 0 bridgehead atoms. The van der Waals surface area contributed by atoms with Gasteiger partial charge in [-0.1, -0.05) is 24.6 Å². The number of nitrogens with one attached hydrogen (secondary N) is 1. The number of aryl methyl sites for hydroxylation is 1. The van der Waals surface area contributed by atoms with E-state index in [9.17, 15) is 4.79 Å². The third kappa shape index (κ3) is 4.53. The second-order valence-electron chi connectivity index (χ2n) is 5.02. The van der Waals surface area contributed by atoms with Gasteiger partial charge in [-0.25, -0.2) is 0 Å². The monoisotopic (exact) mass is 278 g/mol. The highest BCUT2D eigenvalue weighted by atomic mass is 16.5. The van der Waals surface area contributed by atoms with Crippen molar-refractivity contribution in [3.63, 3.8) is 0 Å². The Morgan fingerprint density at radius 1 is 1.40 bits per heavy atom. The van der Waals surface area contributed by atoms with E-state index < -0.39 is 0 Å². The lowest BCUT2D eigenvalue weighted by atomic mass is 10.0. The molecule has 1 rings (SSSR count). The van der Waals surface area contributed by atoms with Gasteiger partial charge < -0.3 is 15.0 Å². The zero-order valence-electron chi connectivity index (χ0n) is 13.2. The first kappa shape index (κ1) is 16.5. The molecule has 1 amide bonds. The molecule has 4 nitrogen and oxygen atoms in total. The molecule has 0 aliphatic carbocycles. The average molecular weight is 278 g/mol. The van der Waals surface area contributed by atoms with Gasteiger partial charge in [0.15, 0.2) is 6.61 Å². The van der Waals surface area contributed by atoms with Crippen molar-refractivity contribution in [2.75, 3.05) is 26.7 Å². The van der Waals surface area contributed by atoms with Gasteiger partial charge in [0.25, 0.3) is 5.91 Å². The number of carbonyl (C=O) groups excluding carboxylic acids is 1. The van der Waals surface area contributed by atoms with E-state index in [1.807, 2.05) is 19.1 Å². The van der Waals surface area contributed by atoms with Crippen LogP contribution in [-0.4, -0.2) is 37.6 Å². The summed E-state index contributed by atoms with van der Waals surface area (Å²) in [5.41, 5.74) is 2.29. The summed E-state index contributed by atoms with van der Waals surface area (Å²) in [6, 6.07) is 6.26. The SMILES string of the molecule is CCNC(C)c1cc(C)ccc1OCC(=O)N(C)CC. The van der Waals surface area contributed by atoms with Crippen LogP contribution in [0.3, 0.4) is 0 Å². The number of hydrogen-bond donors (Lipinski definition) is 1. The Morgan fingerprint density at radius 2 is 2.10 bits per heavy atom. The van der Waals surface area contributed by atoms with Gasteiger partial charge in [-0.3, -0.25) is 4.79 Å². The normalized spacial score (nSPS) is 12.1. The van der Waals surface area contributed by atoms with Gasteiger partial charge in [0.1, 0.15) is 5.75 Å². The lowest BCUT2D eigenvalue weighted by Crippen LogP contribution is -2.31. The van der Waals surface area contributed by atoms with Crippen molar-refractivity contribution in [3.8, 4) is 5.75 Å². The van der Waals surface area contributed by atoms with Crippen LogP contribution in [0.25, 0.3) is 0 Å². The van der Waals surface area contributed by atoms with Crippen molar-refractivity contribution < 1.29 is 9.53 Å². The molecule has 1 aromatic carbocycles. The summed E-state index contributed by atoms with van der Waals surface area (Å²) in [7, 11) is 1.78. The maximum atomic E-state index is 11.8. The minimum atomic E-state index is -0.00451. The largest absolute Gasteiger partial charge is 0.483 e. The van der Waals surface area contributed by atoms with Gasteiger partial charge in [0.05, 0.1) is 0 Å². The molecular weight excluding hydrogens is 252 g/mol. The molecule has 0 aromatic heterocycles. The molecule has 1 N–H and O–H groups in total. The molecule has 0 radical (unpaired) electrons. The Balaban J connectivity index is 2.81. The van der Waals surface area contributed by atoms with Crippen molar-refractivity contribution in [3.05, 3.63) is 29.3 Å². The standard InChI is InChI=1S/C16H26N2O2/c1-6-17-13(4)14-10-12(3)8-9-15(14)20-11-16(19)18(5)7-2/h8-10,13,17H,6-7,11H2,1-5H3. The van der Waals surface area contributed by atoms with E-state index in [0.717, 1.165) is 17.9 Å². The Bertz CT molecular complexity index is 446. The van der Waals surface area contributed by atoms with E-state index in [-0.39, 0.29) is 18.6 Å². The molecule has 1 aromatic rings. The minimum Gasteiger partial charge on any atom is -0.483 e. The van der Waals surface area contributed by atoms with Crippen LogP contribution in [0, 0.1) is 6.92 Å². The molecule has 0 heterocycles. The van der Waals surface area contributed by atoms with Crippen LogP contribution in [0.1, 0.15) is 37.9 Å². The lowest BCUT2D eigenvalue weighted by Gasteiger charge is -2.20. The molecule has 0 aliphatic heterocycles. The van der Waals surface area contributed by atoms with Crippen LogP contribution < -0.4 is 10.1 Å². The summed E-state index contributed by atoms with van der Waals surface area (Å²) in [5, 5.41) is 3.38. The number of benzene rings is 1. The predicted molar refractivity (Wildman–Crippen MR) is 82.1 cm³/mol. The topological polar surface area (TPSA) is 41.6 Å². The Morgan fingerprint density at radius 3 is 2.70 bits per heavy atom. The highest BCUT2D eigenvalue weighted by Gasteiger charge is 2.13. The van der Waals surface area contributed by atoms with Crippen LogP contribution in [0.15, 0.2) is 18.2 Å². The van der Waals surface area contributed by atoms with E-state index in [0.29, 0.717) is 6.54 Å². The second-order valence-corrected chi connectivity index (χ2v) is 5.02. The first-order valence-corrected chi connectivity index (χ1v) is 7.20. The third-order valence-electron chi connectivity index (χ3n) is 3.39. The predicted octanol–water partition coefficient (Wildman–Crippen LogP) is 2.52. The van der Waals surface area contributed by atoms with Crippen molar-refractivity contribution in [1.29, 1.82) is 0 Å². The molecule has 0 saturated carbocycles. The second kappa shape index (κ2) is 7.90. The van der Waals surface area contributed by atoms with Gasteiger partial charge >= 0.3 is 0 Å². The summed E-state index contributed by atoms with van der Waals surface area (Å²) in [6.45, 7) is 9.85. The first-order valence-electron chi connectivity index (χ1n) is 7.20. The van der Waals surface area contributed by atoms with Gasteiger partial charge in [0.2, 0.25) is 0 Å². The van der Waals surface area contributed by atoms with Crippen molar-refractivity contribution in [2.45, 2.75) is 33.7 Å². The van der Waals surface area contributed by atoms with Crippen LogP contribution in [0.4, 0.5) is 0 Å². The smallest absolute Gasteiger partial charge is 0.260 e. The number of nitrogens with zero attached hydrogens (tertiary/aromatic N) is 1. The van der Waals surface area contributed by atoms with E-state index in [4.69, 9.17) is 4.74 Å². The number of amides is 1. The van der Waals surface area contributed by atoms with Crippen LogP contribution in [0.2, 0.25) is 0 Å². The number of hydrogen-bond acceptors (Lipinski definition) is 3. The summed E-state index contributed by atoms with van der Waals surface area (Å²) in [5.74, 6) is 0.775. The van der Waals surface area contributed by atoms with Crippen LogP contribution >= 0.6 is 0 Å². The molecule has 4 heteroatoms. The molecule has 112 valence electrons. The number of carbonyl (C=O) groups is 1. The first-order chi connectivity index (χ1) is 9.49. The molecule has 0 fully saturated rings. The van der Waals surface area contributed by atoms with Gasteiger partial charge in [0, 0.05) is 25.2 Å². The zero-order valence-corrected chi connectivity index (χ0v) is 13.2. The summed E-state index contributed by atoms with van der Waals surface area (Å²) in [6.07, 6.45) is 0. The van der Waals surface area contributed by atoms with Gasteiger partial charge in [-0.15, -0.1) is 0 Å². The number of likely N-dealkylation sites (N-methyl/N-ethyl adjacent to an activating group) is 1.